The monoisotopic (exact) mass is 562 g/mol. The minimum atomic E-state index is -0.970. The summed E-state index contributed by atoms with van der Waals surface area (Å²) in [5.41, 5.74) is 2.10. The van der Waals surface area contributed by atoms with Gasteiger partial charge in [-0.2, -0.15) is 0 Å². The van der Waals surface area contributed by atoms with Gasteiger partial charge in [-0.25, -0.2) is 4.79 Å². The highest BCUT2D eigenvalue weighted by Crippen LogP contribution is 2.31. The first kappa shape index (κ1) is 35.5. The highest BCUT2D eigenvalue weighted by molar-refractivity contribution is 5.90. The van der Waals surface area contributed by atoms with Gasteiger partial charge in [-0.1, -0.05) is 91.9 Å². The smallest absolute Gasteiger partial charge is 0.335 e. The summed E-state index contributed by atoms with van der Waals surface area (Å²) in [6, 6.07) is 3.13. The van der Waals surface area contributed by atoms with Gasteiger partial charge >= 0.3 is 17.9 Å². The van der Waals surface area contributed by atoms with Crippen molar-refractivity contribution in [1.82, 2.24) is 0 Å². The summed E-state index contributed by atoms with van der Waals surface area (Å²) < 4.78 is 0. The van der Waals surface area contributed by atoms with E-state index in [0.29, 0.717) is 18.4 Å². The van der Waals surface area contributed by atoms with Crippen molar-refractivity contribution in [2.24, 2.45) is 23.7 Å². The molecule has 1 aliphatic carbocycles. The Balaban J connectivity index is 0.000000552. The van der Waals surface area contributed by atoms with E-state index in [9.17, 15) is 24.6 Å². The number of hydrogen-bond donors (Lipinski definition) is 4. The summed E-state index contributed by atoms with van der Waals surface area (Å²) in [7, 11) is 0. The van der Waals surface area contributed by atoms with Crippen molar-refractivity contribution in [1.29, 1.82) is 0 Å². The summed E-state index contributed by atoms with van der Waals surface area (Å²) in [4.78, 5) is 32.9. The molecule has 0 spiro atoms. The van der Waals surface area contributed by atoms with Crippen LogP contribution in [0.1, 0.15) is 139 Å². The molecule has 7 heteroatoms. The van der Waals surface area contributed by atoms with Crippen LogP contribution < -0.4 is 0 Å². The van der Waals surface area contributed by atoms with Crippen LogP contribution in [0.2, 0.25) is 0 Å². The normalized spacial score (nSPS) is 16.9. The molecule has 1 aliphatic rings. The fourth-order valence-corrected chi connectivity index (χ4v) is 5.58. The Kier molecular flexibility index (Phi) is 17.3. The van der Waals surface area contributed by atoms with Crippen molar-refractivity contribution in [3.05, 3.63) is 28.8 Å². The SMILES string of the molecule is CC(C)CCCCCCc1c(O)ccc(C(=O)O)c1CCCCCCC(C)C.O=C(O)C1CCCCC1C(=O)O. The second-order valence-electron chi connectivity index (χ2n) is 12.3. The van der Waals surface area contributed by atoms with Crippen LogP contribution in [0.25, 0.3) is 0 Å². The number of rotatable bonds is 17. The Labute approximate surface area is 241 Å². The Hall–Kier alpha value is -2.57. The molecule has 0 amide bonds. The zero-order valence-electron chi connectivity index (χ0n) is 25.3. The van der Waals surface area contributed by atoms with E-state index in [0.717, 1.165) is 74.3 Å². The lowest BCUT2D eigenvalue weighted by atomic mass is 9.79. The van der Waals surface area contributed by atoms with Crippen LogP contribution in [0.3, 0.4) is 0 Å². The predicted molar refractivity (Wildman–Crippen MR) is 159 cm³/mol. The molecular formula is C33H54O7. The molecule has 0 bridgehead atoms. The molecule has 7 nitrogen and oxygen atoms in total. The largest absolute Gasteiger partial charge is 0.508 e. The third kappa shape index (κ3) is 13.7. The molecule has 1 aromatic carbocycles. The lowest BCUT2D eigenvalue weighted by Gasteiger charge is -2.24. The van der Waals surface area contributed by atoms with Crippen LogP contribution in [0.5, 0.6) is 5.75 Å². The van der Waals surface area contributed by atoms with Gasteiger partial charge in [0.15, 0.2) is 0 Å². The minimum Gasteiger partial charge on any atom is -0.508 e. The zero-order valence-corrected chi connectivity index (χ0v) is 25.3. The molecule has 0 radical (unpaired) electrons. The Morgan fingerprint density at radius 2 is 1.10 bits per heavy atom. The lowest BCUT2D eigenvalue weighted by molar-refractivity contribution is -0.155. The second kappa shape index (κ2) is 19.5. The number of hydrogen-bond acceptors (Lipinski definition) is 4. The van der Waals surface area contributed by atoms with Crippen LogP contribution in [0.4, 0.5) is 0 Å². The molecule has 4 N–H and O–H groups in total. The fourth-order valence-electron chi connectivity index (χ4n) is 5.58. The topological polar surface area (TPSA) is 132 Å². The first-order chi connectivity index (χ1) is 19.0. The Bertz CT molecular complexity index is 884. The standard InChI is InChI=1S/C25H42O3.C8H12O4/c1-19(2)13-9-5-7-11-15-21-22(16-12-8-6-10-14-20(3)4)24(26)18-17-23(21)25(27)28;9-7(10)5-3-1-2-4-6(5)8(11)12/h17-20,26H,5-16H2,1-4H3,(H,27,28);5-6H,1-4H2,(H,9,10)(H,11,12). The maximum absolute atomic E-state index is 11.7. The number of aromatic hydroxyl groups is 1. The number of benzene rings is 1. The molecule has 2 rings (SSSR count). The second-order valence-corrected chi connectivity index (χ2v) is 12.3. The van der Waals surface area contributed by atoms with Gasteiger partial charge in [0.2, 0.25) is 0 Å². The molecule has 2 atom stereocenters. The Morgan fingerprint density at radius 1 is 0.675 bits per heavy atom. The average molecular weight is 563 g/mol. The van der Waals surface area contributed by atoms with Gasteiger partial charge < -0.3 is 20.4 Å². The molecule has 1 aromatic rings. The summed E-state index contributed by atoms with van der Waals surface area (Å²) in [6.07, 6.45) is 15.9. The first-order valence-corrected chi connectivity index (χ1v) is 15.5. The highest BCUT2D eigenvalue weighted by atomic mass is 16.4. The summed E-state index contributed by atoms with van der Waals surface area (Å²) >= 11 is 0. The Morgan fingerprint density at radius 3 is 1.50 bits per heavy atom. The third-order valence-corrected chi connectivity index (χ3v) is 7.95. The van der Waals surface area contributed by atoms with E-state index in [1.54, 1.807) is 12.1 Å². The van der Waals surface area contributed by atoms with Gasteiger partial charge in [0.25, 0.3) is 0 Å². The van der Waals surface area contributed by atoms with E-state index in [-0.39, 0.29) is 5.75 Å². The molecule has 0 heterocycles. The molecule has 1 fully saturated rings. The van der Waals surface area contributed by atoms with Gasteiger partial charge in [-0.05, 0) is 73.6 Å². The van der Waals surface area contributed by atoms with Crippen molar-refractivity contribution >= 4 is 17.9 Å². The number of carboxylic acids is 3. The zero-order chi connectivity index (χ0) is 30.1. The summed E-state index contributed by atoms with van der Waals surface area (Å²) in [5.74, 6) is -2.40. The minimum absolute atomic E-state index is 0.266. The molecule has 40 heavy (non-hydrogen) atoms. The number of aliphatic carboxylic acids is 2. The number of unbranched alkanes of at least 4 members (excludes halogenated alkanes) is 6. The quantitative estimate of drug-likeness (QED) is 0.140. The van der Waals surface area contributed by atoms with Gasteiger partial charge in [-0.15, -0.1) is 0 Å². The van der Waals surface area contributed by atoms with Crippen LogP contribution in [0, 0.1) is 23.7 Å². The molecule has 1 saturated carbocycles. The average Bonchev–Trinajstić information content (AvgIpc) is 2.89. The van der Waals surface area contributed by atoms with E-state index >= 15 is 0 Å². The van der Waals surface area contributed by atoms with Crippen LogP contribution in [-0.4, -0.2) is 38.3 Å². The predicted octanol–water partition coefficient (Wildman–Crippen LogP) is 8.35. The van der Waals surface area contributed by atoms with E-state index in [1.165, 1.54) is 38.5 Å². The van der Waals surface area contributed by atoms with Crippen molar-refractivity contribution < 1.29 is 34.8 Å². The lowest BCUT2D eigenvalue weighted by Crippen LogP contribution is -2.32. The van der Waals surface area contributed by atoms with Gasteiger partial charge in [0.05, 0.1) is 17.4 Å². The van der Waals surface area contributed by atoms with Crippen molar-refractivity contribution in [3.63, 3.8) is 0 Å². The third-order valence-electron chi connectivity index (χ3n) is 7.95. The van der Waals surface area contributed by atoms with E-state index in [4.69, 9.17) is 10.2 Å². The summed E-state index contributed by atoms with van der Waals surface area (Å²) in [6.45, 7) is 9.01. The first-order valence-electron chi connectivity index (χ1n) is 15.5. The molecule has 0 saturated heterocycles. The van der Waals surface area contributed by atoms with E-state index in [1.807, 2.05) is 0 Å². The van der Waals surface area contributed by atoms with E-state index < -0.39 is 29.7 Å². The molecule has 0 aliphatic heterocycles. The van der Waals surface area contributed by atoms with Gasteiger partial charge in [-0.3, -0.25) is 9.59 Å². The fraction of sp³-hybridized carbons (Fsp3) is 0.727. The summed E-state index contributed by atoms with van der Waals surface area (Å²) in [5, 5.41) is 37.4. The molecule has 0 aromatic heterocycles. The number of carbonyl (C=O) groups is 3. The van der Waals surface area contributed by atoms with Crippen molar-refractivity contribution in [2.75, 3.05) is 0 Å². The molecule has 2 unspecified atom stereocenters. The molecular weight excluding hydrogens is 508 g/mol. The van der Waals surface area contributed by atoms with Crippen molar-refractivity contribution in [3.8, 4) is 5.75 Å². The highest BCUT2D eigenvalue weighted by Gasteiger charge is 2.35. The molecule has 228 valence electrons. The van der Waals surface area contributed by atoms with Crippen LogP contribution >= 0.6 is 0 Å². The van der Waals surface area contributed by atoms with Gasteiger partial charge in [0, 0.05) is 0 Å². The van der Waals surface area contributed by atoms with Crippen molar-refractivity contribution in [2.45, 2.75) is 130 Å². The van der Waals surface area contributed by atoms with Crippen LogP contribution in [0.15, 0.2) is 12.1 Å². The van der Waals surface area contributed by atoms with Gasteiger partial charge in [0.1, 0.15) is 5.75 Å². The number of phenols is 1. The maximum atomic E-state index is 11.7. The maximum Gasteiger partial charge on any atom is 0.335 e. The number of aromatic carboxylic acids is 1. The number of phenolic OH excluding ortho intramolecular Hbond substituents is 1. The van der Waals surface area contributed by atoms with E-state index in [2.05, 4.69) is 27.7 Å². The number of carboxylic acid groups (broad SMARTS) is 3. The van der Waals surface area contributed by atoms with Crippen LogP contribution in [-0.2, 0) is 22.4 Å².